The van der Waals surface area contributed by atoms with Crippen LogP contribution in [0.2, 0.25) is 0 Å². The van der Waals surface area contributed by atoms with Gasteiger partial charge in [-0.05, 0) is 29.7 Å². The molecule has 6 heteroatoms. The summed E-state index contributed by atoms with van der Waals surface area (Å²) in [6.45, 7) is 4.98. The van der Waals surface area contributed by atoms with Gasteiger partial charge in [-0.15, -0.1) is 12.4 Å². The lowest BCUT2D eigenvalue weighted by atomic mass is 9.95. The van der Waals surface area contributed by atoms with Crippen molar-refractivity contribution >= 4 is 12.4 Å². The number of likely N-dealkylation sites (tertiary alicyclic amines) is 1. The van der Waals surface area contributed by atoms with Crippen LogP contribution >= 0.6 is 12.4 Å². The molecule has 1 aliphatic rings. The molecule has 0 amide bonds. The largest absolute Gasteiger partial charge is 0.326 e. The molecule has 1 saturated heterocycles. The van der Waals surface area contributed by atoms with Gasteiger partial charge in [0.2, 0.25) is 0 Å². The maximum atomic E-state index is 6.41. The Bertz CT molecular complexity index is 835. The minimum atomic E-state index is 0. The molecule has 0 saturated carbocycles. The first-order valence-corrected chi connectivity index (χ1v) is 8.68. The van der Waals surface area contributed by atoms with Crippen LogP contribution in [0, 0.1) is 6.92 Å². The monoisotopic (exact) mass is 369 g/mol. The predicted octanol–water partition coefficient (Wildman–Crippen LogP) is 2.92. The Morgan fingerprint density at radius 2 is 1.92 bits per heavy atom. The highest BCUT2D eigenvalue weighted by Gasteiger charge is 2.31. The molecule has 1 fully saturated rings. The van der Waals surface area contributed by atoms with Crippen LogP contribution in [0.3, 0.4) is 0 Å². The minimum Gasteiger partial charge on any atom is -0.326 e. The average molecular weight is 370 g/mol. The van der Waals surface area contributed by atoms with Gasteiger partial charge < -0.3 is 5.73 Å². The van der Waals surface area contributed by atoms with E-state index in [0.29, 0.717) is 5.92 Å². The van der Waals surface area contributed by atoms with Crippen molar-refractivity contribution < 1.29 is 0 Å². The van der Waals surface area contributed by atoms with E-state index in [9.17, 15) is 0 Å². The van der Waals surface area contributed by atoms with Crippen LogP contribution in [0.5, 0.6) is 0 Å². The molecule has 2 aromatic carbocycles. The van der Waals surface area contributed by atoms with Gasteiger partial charge in [0.15, 0.2) is 0 Å². The van der Waals surface area contributed by atoms with E-state index >= 15 is 0 Å². The van der Waals surface area contributed by atoms with Crippen LogP contribution in [-0.4, -0.2) is 38.8 Å². The van der Waals surface area contributed by atoms with Gasteiger partial charge >= 0.3 is 0 Å². The molecule has 136 valence electrons. The average Bonchev–Trinajstić information content (AvgIpc) is 3.26. The summed E-state index contributed by atoms with van der Waals surface area (Å²) < 4.78 is 1.80. The molecule has 0 aliphatic carbocycles. The van der Waals surface area contributed by atoms with Crippen molar-refractivity contribution in [3.05, 3.63) is 77.9 Å². The normalized spacial score (nSPS) is 20.1. The second-order valence-corrected chi connectivity index (χ2v) is 6.84. The Labute approximate surface area is 160 Å². The van der Waals surface area contributed by atoms with Gasteiger partial charge in [0.1, 0.15) is 12.7 Å². The molecule has 1 aliphatic heterocycles. The number of hydrogen-bond donors (Lipinski definition) is 1. The number of benzene rings is 2. The molecule has 0 spiro atoms. The number of aromatic nitrogens is 3. The van der Waals surface area contributed by atoms with E-state index in [2.05, 4.69) is 70.4 Å². The van der Waals surface area contributed by atoms with Crippen LogP contribution < -0.4 is 5.73 Å². The zero-order valence-electron chi connectivity index (χ0n) is 14.8. The molecule has 2 N–H and O–H groups in total. The fourth-order valence-corrected chi connectivity index (χ4v) is 3.76. The molecule has 4 rings (SSSR count). The van der Waals surface area contributed by atoms with E-state index in [1.165, 1.54) is 16.7 Å². The zero-order chi connectivity index (χ0) is 17.2. The summed E-state index contributed by atoms with van der Waals surface area (Å²) in [4.78, 5) is 6.47. The van der Waals surface area contributed by atoms with E-state index in [0.717, 1.165) is 25.3 Å². The van der Waals surface area contributed by atoms with Gasteiger partial charge in [-0.25, -0.2) is 9.67 Å². The summed E-state index contributed by atoms with van der Waals surface area (Å²) in [6.07, 6.45) is 3.29. The Morgan fingerprint density at radius 1 is 1.12 bits per heavy atom. The second-order valence-electron chi connectivity index (χ2n) is 6.84. The van der Waals surface area contributed by atoms with Gasteiger partial charge in [0.05, 0.1) is 5.69 Å². The minimum absolute atomic E-state index is 0. The van der Waals surface area contributed by atoms with E-state index in [1.54, 1.807) is 17.3 Å². The quantitative estimate of drug-likeness (QED) is 0.768. The lowest BCUT2D eigenvalue weighted by Crippen LogP contribution is -2.28. The summed E-state index contributed by atoms with van der Waals surface area (Å²) in [6, 6.07) is 17.3. The van der Waals surface area contributed by atoms with Crippen molar-refractivity contribution in [2.75, 3.05) is 13.1 Å². The van der Waals surface area contributed by atoms with Crippen molar-refractivity contribution in [2.45, 2.75) is 25.4 Å². The first-order valence-electron chi connectivity index (χ1n) is 8.68. The van der Waals surface area contributed by atoms with E-state index in [4.69, 9.17) is 5.73 Å². The molecule has 2 heterocycles. The molecule has 5 nitrogen and oxygen atoms in total. The smallest absolute Gasteiger partial charge is 0.138 e. The summed E-state index contributed by atoms with van der Waals surface area (Å²) in [7, 11) is 0. The van der Waals surface area contributed by atoms with E-state index in [1.807, 2.05) is 0 Å². The molecule has 1 aromatic heterocycles. The lowest BCUT2D eigenvalue weighted by molar-refractivity contribution is 0.323. The molecule has 0 bridgehead atoms. The van der Waals surface area contributed by atoms with Crippen LogP contribution in [0.4, 0.5) is 0 Å². The topological polar surface area (TPSA) is 60.0 Å². The maximum absolute atomic E-state index is 6.41. The summed E-state index contributed by atoms with van der Waals surface area (Å²) in [5, 5.41) is 4.21. The van der Waals surface area contributed by atoms with Crippen molar-refractivity contribution in [1.29, 1.82) is 0 Å². The third-order valence-electron chi connectivity index (χ3n) is 5.00. The third kappa shape index (κ3) is 3.80. The van der Waals surface area contributed by atoms with Crippen molar-refractivity contribution in [3.8, 4) is 5.69 Å². The highest BCUT2D eigenvalue weighted by atomic mass is 35.5. The summed E-state index contributed by atoms with van der Waals surface area (Å²) in [5.74, 6) is 0.414. The highest BCUT2D eigenvalue weighted by molar-refractivity contribution is 5.85. The van der Waals surface area contributed by atoms with Gasteiger partial charge in [-0.2, -0.15) is 5.10 Å². The summed E-state index contributed by atoms with van der Waals surface area (Å²) >= 11 is 0. The van der Waals surface area contributed by atoms with Crippen LogP contribution in [0.25, 0.3) is 5.69 Å². The van der Waals surface area contributed by atoms with Crippen molar-refractivity contribution in [1.82, 2.24) is 19.7 Å². The predicted molar refractivity (Wildman–Crippen MR) is 106 cm³/mol. The van der Waals surface area contributed by atoms with Gasteiger partial charge in [-0.1, -0.05) is 42.5 Å². The molecule has 0 radical (unpaired) electrons. The number of aryl methyl sites for hydroxylation is 1. The Kier molecular flexibility index (Phi) is 5.71. The molecule has 0 unspecified atom stereocenters. The molecule has 2 atom stereocenters. The Hall–Kier alpha value is -2.21. The van der Waals surface area contributed by atoms with Gasteiger partial charge in [-0.3, -0.25) is 4.90 Å². The Morgan fingerprint density at radius 3 is 2.62 bits per heavy atom. The summed E-state index contributed by atoms with van der Waals surface area (Å²) in [5.41, 5.74) is 11.3. The first kappa shape index (κ1) is 18.6. The van der Waals surface area contributed by atoms with Gasteiger partial charge in [0.25, 0.3) is 0 Å². The highest BCUT2D eigenvalue weighted by Crippen LogP contribution is 2.27. The number of halogens is 1. The standard InChI is InChI=1S/C20H23N5.ClH/c1-15-9-16(7-8-20(15)25-14-22-13-23-25)10-24-11-18(19(21)12-24)17-5-3-2-4-6-17;/h2-9,13-14,18-19H,10-12,21H2,1H3;1H/t18-,19+;/m0./s1. The second kappa shape index (κ2) is 7.99. The number of rotatable bonds is 4. The molecule has 3 aromatic rings. The molecular formula is C20H24ClN5. The third-order valence-corrected chi connectivity index (χ3v) is 5.00. The van der Waals surface area contributed by atoms with Crippen LogP contribution in [0.1, 0.15) is 22.6 Å². The SMILES string of the molecule is Cc1cc(CN2C[C@@H](N)[C@H](c3ccccc3)C2)ccc1-n1cncn1.Cl. The Balaban J connectivity index is 0.00000196. The number of nitrogens with two attached hydrogens (primary N) is 1. The fourth-order valence-electron chi connectivity index (χ4n) is 3.76. The maximum Gasteiger partial charge on any atom is 0.138 e. The van der Waals surface area contributed by atoms with E-state index < -0.39 is 0 Å². The van der Waals surface area contributed by atoms with Crippen LogP contribution in [0.15, 0.2) is 61.2 Å². The zero-order valence-corrected chi connectivity index (χ0v) is 15.6. The lowest BCUT2D eigenvalue weighted by Gasteiger charge is -2.17. The number of nitrogens with zero attached hydrogens (tertiary/aromatic N) is 4. The molecule has 26 heavy (non-hydrogen) atoms. The molecular weight excluding hydrogens is 346 g/mol. The van der Waals surface area contributed by atoms with Gasteiger partial charge in [0, 0.05) is 31.6 Å². The van der Waals surface area contributed by atoms with Crippen LogP contribution in [-0.2, 0) is 6.54 Å². The fraction of sp³-hybridized carbons (Fsp3) is 0.300. The number of hydrogen-bond acceptors (Lipinski definition) is 4. The van der Waals surface area contributed by atoms with E-state index in [-0.39, 0.29) is 18.4 Å². The first-order chi connectivity index (χ1) is 12.2. The van der Waals surface area contributed by atoms with Crippen molar-refractivity contribution in [3.63, 3.8) is 0 Å². The van der Waals surface area contributed by atoms with Crippen molar-refractivity contribution in [2.24, 2.45) is 5.73 Å².